The first-order valence-electron chi connectivity index (χ1n) is 7.26. The first-order chi connectivity index (χ1) is 9.07. The van der Waals surface area contributed by atoms with Crippen LogP contribution in [0.15, 0.2) is 0 Å². The lowest BCUT2D eigenvalue weighted by molar-refractivity contribution is -0.131. The molecule has 0 atom stereocenters. The van der Waals surface area contributed by atoms with Gasteiger partial charge in [0.1, 0.15) is 0 Å². The number of amides is 1. The van der Waals surface area contributed by atoms with Gasteiger partial charge in [-0.3, -0.25) is 4.79 Å². The molecule has 0 unspecified atom stereocenters. The molecule has 1 amide bonds. The van der Waals surface area contributed by atoms with Crippen LogP contribution >= 0.6 is 0 Å². The molecule has 0 saturated carbocycles. The number of hydrogen-bond acceptors (Lipinski definition) is 4. The van der Waals surface area contributed by atoms with E-state index in [2.05, 4.69) is 5.32 Å². The topological polar surface area (TPSA) is 66.5 Å². The Bertz CT molecular complexity index is 402. The molecule has 2 saturated heterocycles. The van der Waals surface area contributed by atoms with Gasteiger partial charge in [0.15, 0.2) is 9.84 Å². The summed E-state index contributed by atoms with van der Waals surface area (Å²) in [7, 11) is -2.92. The zero-order chi connectivity index (χ0) is 13.7. The van der Waals surface area contributed by atoms with Crippen LogP contribution in [-0.4, -0.2) is 56.9 Å². The van der Waals surface area contributed by atoms with E-state index in [1.54, 1.807) is 4.90 Å². The van der Waals surface area contributed by atoms with E-state index in [9.17, 15) is 13.2 Å². The van der Waals surface area contributed by atoms with Gasteiger partial charge in [0.25, 0.3) is 0 Å². The summed E-state index contributed by atoms with van der Waals surface area (Å²) in [6, 6.07) is 0. The van der Waals surface area contributed by atoms with E-state index in [0.717, 1.165) is 32.4 Å². The van der Waals surface area contributed by atoms with Gasteiger partial charge in [0, 0.05) is 19.5 Å². The molecule has 1 N–H and O–H groups in total. The first kappa shape index (κ1) is 14.8. The minimum absolute atomic E-state index is 0.131. The Balaban J connectivity index is 1.76. The fraction of sp³-hybridized carbons (Fsp3) is 0.923. The zero-order valence-electron chi connectivity index (χ0n) is 11.4. The number of rotatable bonds is 3. The van der Waals surface area contributed by atoms with Crippen molar-refractivity contribution in [1.82, 2.24) is 10.2 Å². The average molecular weight is 288 g/mol. The van der Waals surface area contributed by atoms with E-state index in [1.165, 1.54) is 0 Å². The quantitative estimate of drug-likeness (QED) is 0.817. The number of nitrogens with one attached hydrogen (secondary N) is 1. The number of piperidine rings is 1. The van der Waals surface area contributed by atoms with Crippen molar-refractivity contribution in [2.75, 3.05) is 37.7 Å². The highest BCUT2D eigenvalue weighted by Crippen LogP contribution is 2.18. The molecule has 5 nitrogen and oxygen atoms in total. The van der Waals surface area contributed by atoms with E-state index in [4.69, 9.17) is 0 Å². The molecule has 0 aromatic carbocycles. The molecule has 2 heterocycles. The van der Waals surface area contributed by atoms with Crippen LogP contribution in [0.5, 0.6) is 0 Å². The summed E-state index contributed by atoms with van der Waals surface area (Å²) in [5.74, 6) is 1.15. The molecule has 0 aromatic rings. The van der Waals surface area contributed by atoms with E-state index < -0.39 is 9.84 Å². The van der Waals surface area contributed by atoms with Crippen LogP contribution in [0.2, 0.25) is 0 Å². The van der Waals surface area contributed by atoms with Crippen LogP contribution in [-0.2, 0) is 14.6 Å². The molecule has 0 aromatic heterocycles. The third-order valence-corrected chi connectivity index (χ3v) is 5.85. The molecule has 0 radical (unpaired) electrons. The first-order valence-corrected chi connectivity index (χ1v) is 9.08. The lowest BCUT2D eigenvalue weighted by Gasteiger charge is -2.24. The highest BCUT2D eigenvalue weighted by molar-refractivity contribution is 7.91. The van der Waals surface area contributed by atoms with Crippen molar-refractivity contribution in [3.63, 3.8) is 0 Å². The molecule has 2 fully saturated rings. The number of sulfone groups is 1. The van der Waals surface area contributed by atoms with Gasteiger partial charge in [0.05, 0.1) is 11.5 Å². The number of hydrogen-bond donors (Lipinski definition) is 1. The standard InChI is InChI=1S/C13H24N2O3S/c16-13(3-2-12-4-6-14-7-5-12)15-8-1-10-19(17,18)11-9-15/h12,14H,1-11H2. The maximum atomic E-state index is 12.1. The Labute approximate surface area is 115 Å². The molecule has 0 bridgehead atoms. The molecule has 110 valence electrons. The second-order valence-electron chi connectivity index (χ2n) is 5.62. The molecular weight excluding hydrogens is 264 g/mol. The summed E-state index contributed by atoms with van der Waals surface area (Å²) in [5, 5.41) is 3.32. The van der Waals surface area contributed by atoms with Crippen LogP contribution in [0.25, 0.3) is 0 Å². The lowest BCUT2D eigenvalue weighted by atomic mass is 9.93. The average Bonchev–Trinajstić information content (AvgIpc) is 2.58. The largest absolute Gasteiger partial charge is 0.342 e. The van der Waals surface area contributed by atoms with Gasteiger partial charge in [-0.1, -0.05) is 0 Å². The van der Waals surface area contributed by atoms with Gasteiger partial charge in [-0.05, 0) is 44.7 Å². The lowest BCUT2D eigenvalue weighted by Crippen LogP contribution is -2.34. The minimum atomic E-state index is -2.92. The van der Waals surface area contributed by atoms with Crippen molar-refractivity contribution in [2.24, 2.45) is 5.92 Å². The Hall–Kier alpha value is -0.620. The van der Waals surface area contributed by atoms with Crippen molar-refractivity contribution in [2.45, 2.75) is 32.1 Å². The van der Waals surface area contributed by atoms with E-state index in [1.807, 2.05) is 0 Å². The number of carbonyl (C=O) groups excluding carboxylic acids is 1. The minimum Gasteiger partial charge on any atom is -0.342 e. The van der Waals surface area contributed by atoms with E-state index >= 15 is 0 Å². The fourth-order valence-electron chi connectivity index (χ4n) is 2.84. The highest BCUT2D eigenvalue weighted by atomic mass is 32.2. The van der Waals surface area contributed by atoms with Gasteiger partial charge >= 0.3 is 0 Å². The molecule has 19 heavy (non-hydrogen) atoms. The van der Waals surface area contributed by atoms with Crippen LogP contribution in [0.4, 0.5) is 0 Å². The Morgan fingerprint density at radius 3 is 2.63 bits per heavy atom. The summed E-state index contributed by atoms with van der Waals surface area (Å²) in [6.07, 6.45) is 4.42. The molecule has 2 aliphatic rings. The highest BCUT2D eigenvalue weighted by Gasteiger charge is 2.23. The maximum Gasteiger partial charge on any atom is 0.222 e. The van der Waals surface area contributed by atoms with Gasteiger partial charge in [0.2, 0.25) is 5.91 Å². The SMILES string of the molecule is O=C(CCC1CCNCC1)N1CCCS(=O)(=O)CC1. The Kier molecular flexibility index (Phi) is 5.21. The summed E-state index contributed by atoms with van der Waals surface area (Å²) < 4.78 is 23.0. The van der Waals surface area contributed by atoms with Gasteiger partial charge in [-0.25, -0.2) is 8.42 Å². The van der Waals surface area contributed by atoms with Crippen molar-refractivity contribution in [1.29, 1.82) is 0 Å². The molecular formula is C13H24N2O3S. The summed E-state index contributed by atoms with van der Waals surface area (Å²) >= 11 is 0. The maximum absolute atomic E-state index is 12.1. The van der Waals surface area contributed by atoms with Crippen molar-refractivity contribution in [3.8, 4) is 0 Å². The Morgan fingerprint density at radius 1 is 1.16 bits per heavy atom. The fourth-order valence-corrected chi connectivity index (χ4v) is 4.12. The summed E-state index contributed by atoms with van der Waals surface area (Å²) in [6.45, 7) is 3.10. The molecule has 0 aliphatic carbocycles. The number of nitrogens with zero attached hydrogens (tertiary/aromatic N) is 1. The van der Waals surface area contributed by atoms with Crippen LogP contribution in [0.3, 0.4) is 0 Å². The molecule has 0 spiro atoms. The predicted octanol–water partition coefficient (Wildman–Crippen LogP) is 0.413. The van der Waals surface area contributed by atoms with Crippen molar-refractivity contribution in [3.05, 3.63) is 0 Å². The van der Waals surface area contributed by atoms with Crippen molar-refractivity contribution >= 4 is 15.7 Å². The summed E-state index contributed by atoms with van der Waals surface area (Å²) in [5.41, 5.74) is 0. The second kappa shape index (κ2) is 6.70. The molecule has 2 rings (SSSR count). The Morgan fingerprint density at radius 2 is 1.89 bits per heavy atom. The van der Waals surface area contributed by atoms with Crippen LogP contribution in [0.1, 0.15) is 32.1 Å². The van der Waals surface area contributed by atoms with E-state index in [0.29, 0.717) is 31.8 Å². The van der Waals surface area contributed by atoms with Gasteiger partial charge in [-0.15, -0.1) is 0 Å². The van der Waals surface area contributed by atoms with Crippen LogP contribution in [0, 0.1) is 5.92 Å². The van der Waals surface area contributed by atoms with Crippen LogP contribution < -0.4 is 5.32 Å². The van der Waals surface area contributed by atoms with E-state index in [-0.39, 0.29) is 17.4 Å². The predicted molar refractivity (Wildman–Crippen MR) is 74.7 cm³/mol. The monoisotopic (exact) mass is 288 g/mol. The number of carbonyl (C=O) groups is 1. The molecule has 2 aliphatic heterocycles. The van der Waals surface area contributed by atoms with Crippen molar-refractivity contribution < 1.29 is 13.2 Å². The smallest absolute Gasteiger partial charge is 0.222 e. The molecule has 6 heteroatoms. The van der Waals surface area contributed by atoms with Gasteiger partial charge < -0.3 is 10.2 Å². The zero-order valence-corrected chi connectivity index (χ0v) is 12.3. The normalized spacial score (nSPS) is 24.9. The van der Waals surface area contributed by atoms with Gasteiger partial charge in [-0.2, -0.15) is 0 Å². The third kappa shape index (κ3) is 4.76. The summed E-state index contributed by atoms with van der Waals surface area (Å²) in [4.78, 5) is 13.9. The second-order valence-corrected chi connectivity index (χ2v) is 7.92. The third-order valence-electron chi connectivity index (χ3n) is 4.13.